The molecule has 0 radical (unpaired) electrons. The Morgan fingerprint density at radius 2 is 2.37 bits per heavy atom. The number of hydrogen-bond donors (Lipinski definition) is 0. The van der Waals surface area contributed by atoms with E-state index < -0.39 is 0 Å². The fourth-order valence-electron chi connectivity index (χ4n) is 2.46. The summed E-state index contributed by atoms with van der Waals surface area (Å²) in [5.74, 6) is 1.54. The largest absolute Gasteiger partial charge is 0.353 e. The van der Waals surface area contributed by atoms with Gasteiger partial charge in [-0.05, 0) is 31.9 Å². The third kappa shape index (κ3) is 2.43. The van der Waals surface area contributed by atoms with Gasteiger partial charge >= 0.3 is 0 Å². The number of halogens is 1. The predicted molar refractivity (Wildman–Crippen MR) is 67.4 cm³/mol. The number of anilines is 1. The maximum Gasteiger partial charge on any atom is 0.231 e. The smallest absolute Gasteiger partial charge is 0.231 e. The van der Waals surface area contributed by atoms with E-state index in [1.165, 1.54) is 6.07 Å². The molecular formula is C13H15FN4O. The van der Waals surface area contributed by atoms with Crippen LogP contribution in [-0.4, -0.2) is 28.2 Å². The topological polar surface area (TPSA) is 55.1 Å². The first-order valence-electron chi connectivity index (χ1n) is 6.39. The second-order valence-electron chi connectivity index (χ2n) is 4.77. The molecule has 0 saturated carbocycles. The van der Waals surface area contributed by atoms with Gasteiger partial charge in [0.05, 0.1) is 5.92 Å². The van der Waals surface area contributed by atoms with Crippen LogP contribution in [0.2, 0.25) is 0 Å². The summed E-state index contributed by atoms with van der Waals surface area (Å²) in [5, 5.41) is 3.81. The van der Waals surface area contributed by atoms with Crippen LogP contribution >= 0.6 is 0 Å². The van der Waals surface area contributed by atoms with Gasteiger partial charge in [-0.15, -0.1) is 0 Å². The molecule has 0 bridgehead atoms. The van der Waals surface area contributed by atoms with Crippen molar-refractivity contribution < 1.29 is 8.91 Å². The molecule has 100 valence electrons. The highest BCUT2D eigenvalue weighted by Crippen LogP contribution is 2.29. The summed E-state index contributed by atoms with van der Waals surface area (Å²) in [6.07, 6.45) is 3.55. The molecule has 1 atom stereocenters. The summed E-state index contributed by atoms with van der Waals surface area (Å²) in [6, 6.07) is 3.03. The molecule has 2 aromatic heterocycles. The summed E-state index contributed by atoms with van der Waals surface area (Å²) in [7, 11) is 0. The van der Waals surface area contributed by atoms with Crippen molar-refractivity contribution in [2.75, 3.05) is 18.0 Å². The Kier molecular flexibility index (Phi) is 3.15. The lowest BCUT2D eigenvalue weighted by molar-refractivity contribution is 0.330. The molecule has 0 spiro atoms. The zero-order valence-electron chi connectivity index (χ0n) is 10.7. The number of pyridine rings is 1. The van der Waals surface area contributed by atoms with E-state index in [0.29, 0.717) is 24.1 Å². The third-order valence-corrected chi connectivity index (χ3v) is 3.35. The predicted octanol–water partition coefficient (Wildman–Crippen LogP) is 2.30. The number of rotatable bonds is 2. The van der Waals surface area contributed by atoms with E-state index in [4.69, 9.17) is 4.52 Å². The molecule has 19 heavy (non-hydrogen) atoms. The molecule has 0 amide bonds. The van der Waals surface area contributed by atoms with Crippen molar-refractivity contribution in [2.45, 2.75) is 25.7 Å². The fourth-order valence-corrected chi connectivity index (χ4v) is 2.46. The Labute approximate surface area is 110 Å². The minimum atomic E-state index is -0.287. The maximum atomic E-state index is 13.8. The Hall–Kier alpha value is -1.98. The van der Waals surface area contributed by atoms with Gasteiger partial charge in [0.25, 0.3) is 0 Å². The first-order chi connectivity index (χ1) is 9.24. The van der Waals surface area contributed by atoms with Crippen molar-refractivity contribution in [2.24, 2.45) is 0 Å². The van der Waals surface area contributed by atoms with Crippen molar-refractivity contribution in [1.82, 2.24) is 15.1 Å². The normalized spacial score (nSPS) is 19.7. The highest BCUT2D eigenvalue weighted by Gasteiger charge is 2.27. The monoisotopic (exact) mass is 262 g/mol. The number of aryl methyl sites for hydroxylation is 1. The minimum Gasteiger partial charge on any atom is -0.353 e. The first-order valence-corrected chi connectivity index (χ1v) is 6.39. The van der Waals surface area contributed by atoms with E-state index in [9.17, 15) is 4.39 Å². The molecule has 0 aliphatic carbocycles. The average molecular weight is 262 g/mol. The van der Waals surface area contributed by atoms with Crippen LogP contribution in [-0.2, 0) is 0 Å². The quantitative estimate of drug-likeness (QED) is 0.831. The van der Waals surface area contributed by atoms with Crippen molar-refractivity contribution in [1.29, 1.82) is 0 Å². The van der Waals surface area contributed by atoms with Crippen LogP contribution in [0.1, 0.15) is 30.5 Å². The zero-order valence-corrected chi connectivity index (χ0v) is 10.7. The number of hydrogen-bond acceptors (Lipinski definition) is 5. The Morgan fingerprint density at radius 1 is 1.47 bits per heavy atom. The van der Waals surface area contributed by atoms with Crippen LogP contribution < -0.4 is 4.90 Å². The van der Waals surface area contributed by atoms with Crippen molar-refractivity contribution in [3.8, 4) is 0 Å². The van der Waals surface area contributed by atoms with Crippen LogP contribution in [0.15, 0.2) is 22.9 Å². The van der Waals surface area contributed by atoms with Crippen LogP contribution in [0, 0.1) is 12.7 Å². The molecule has 6 heteroatoms. The lowest BCUT2D eigenvalue weighted by atomic mass is 9.98. The van der Waals surface area contributed by atoms with Gasteiger partial charge in [-0.2, -0.15) is 4.98 Å². The van der Waals surface area contributed by atoms with Gasteiger partial charge in [0, 0.05) is 19.3 Å². The minimum absolute atomic E-state index is 0.149. The van der Waals surface area contributed by atoms with E-state index in [-0.39, 0.29) is 11.7 Å². The molecule has 2 aromatic rings. The molecule has 1 aliphatic heterocycles. The molecular weight excluding hydrogens is 247 g/mol. The lowest BCUT2D eigenvalue weighted by Gasteiger charge is -2.31. The van der Waals surface area contributed by atoms with Gasteiger partial charge in [-0.3, -0.25) is 0 Å². The van der Waals surface area contributed by atoms with Crippen molar-refractivity contribution in [3.63, 3.8) is 0 Å². The van der Waals surface area contributed by atoms with E-state index in [1.807, 2.05) is 4.90 Å². The van der Waals surface area contributed by atoms with Crippen LogP contribution in [0.3, 0.4) is 0 Å². The molecule has 1 fully saturated rings. The molecule has 3 heterocycles. The van der Waals surface area contributed by atoms with Crippen molar-refractivity contribution >= 4 is 5.82 Å². The lowest BCUT2D eigenvalue weighted by Crippen LogP contribution is -2.35. The summed E-state index contributed by atoms with van der Waals surface area (Å²) in [5.41, 5.74) is 0. The number of piperidine rings is 1. The maximum absolute atomic E-state index is 13.8. The molecule has 3 rings (SSSR count). The first kappa shape index (κ1) is 12.1. The zero-order chi connectivity index (χ0) is 13.2. The van der Waals surface area contributed by atoms with Gasteiger partial charge < -0.3 is 9.42 Å². The van der Waals surface area contributed by atoms with Crippen molar-refractivity contribution in [3.05, 3.63) is 35.9 Å². The van der Waals surface area contributed by atoms with Gasteiger partial charge in [0.1, 0.15) is 0 Å². The summed E-state index contributed by atoms with van der Waals surface area (Å²) in [4.78, 5) is 10.3. The molecule has 0 aromatic carbocycles. The molecule has 5 nitrogen and oxygen atoms in total. The van der Waals surface area contributed by atoms with E-state index >= 15 is 0 Å². The highest BCUT2D eigenvalue weighted by atomic mass is 19.1. The standard InChI is InChI=1S/C13H15FN4O/c1-9-16-13(19-17-9)10-4-3-7-18(8-10)12-11(14)5-2-6-15-12/h2,5-6,10H,3-4,7-8H2,1H3. The Bertz CT molecular complexity index is 571. The molecule has 1 saturated heterocycles. The number of nitrogens with zero attached hydrogens (tertiary/aromatic N) is 4. The van der Waals surface area contributed by atoms with Gasteiger partial charge in [-0.1, -0.05) is 5.16 Å². The highest BCUT2D eigenvalue weighted by molar-refractivity contribution is 5.40. The summed E-state index contributed by atoms with van der Waals surface area (Å²) >= 11 is 0. The summed E-state index contributed by atoms with van der Waals surface area (Å²) in [6.45, 7) is 3.26. The second kappa shape index (κ2) is 4.95. The molecule has 1 aliphatic rings. The summed E-state index contributed by atoms with van der Waals surface area (Å²) < 4.78 is 19.0. The van der Waals surface area contributed by atoms with Crippen LogP contribution in [0.4, 0.5) is 10.2 Å². The second-order valence-corrected chi connectivity index (χ2v) is 4.77. The van der Waals surface area contributed by atoms with Crippen LogP contribution in [0.5, 0.6) is 0 Å². The Morgan fingerprint density at radius 3 is 3.11 bits per heavy atom. The van der Waals surface area contributed by atoms with Crippen LogP contribution in [0.25, 0.3) is 0 Å². The van der Waals surface area contributed by atoms with Gasteiger partial charge in [0.2, 0.25) is 5.89 Å². The Balaban J connectivity index is 1.80. The van der Waals surface area contributed by atoms with E-state index in [0.717, 1.165) is 19.4 Å². The van der Waals surface area contributed by atoms with Gasteiger partial charge in [-0.25, -0.2) is 9.37 Å². The van der Waals surface area contributed by atoms with Gasteiger partial charge in [0.15, 0.2) is 17.5 Å². The average Bonchev–Trinajstić information content (AvgIpc) is 2.86. The SMILES string of the molecule is Cc1noc(C2CCCN(c3ncccc3F)C2)n1. The third-order valence-electron chi connectivity index (χ3n) is 3.35. The van der Waals surface area contributed by atoms with E-state index in [2.05, 4.69) is 15.1 Å². The fraction of sp³-hybridized carbons (Fsp3) is 0.462. The molecule has 1 unspecified atom stereocenters. The van der Waals surface area contributed by atoms with E-state index in [1.54, 1.807) is 19.2 Å². The molecule has 0 N–H and O–H groups in total. The number of aromatic nitrogens is 3.